The maximum absolute atomic E-state index is 12.5. The van der Waals surface area contributed by atoms with Gasteiger partial charge in [0.05, 0.1) is 38.1 Å². The van der Waals surface area contributed by atoms with E-state index >= 15 is 0 Å². The van der Waals surface area contributed by atoms with Gasteiger partial charge in [-0.3, -0.25) is 5.01 Å². The van der Waals surface area contributed by atoms with Crippen molar-refractivity contribution in [2.45, 2.75) is 56.8 Å². The average Bonchev–Trinajstić information content (AvgIpc) is 3.42. The first-order chi connectivity index (χ1) is 11.7. The molecule has 0 spiro atoms. The number of nitrogens with zero attached hydrogens (tertiary/aromatic N) is 2. The van der Waals surface area contributed by atoms with E-state index in [4.69, 9.17) is 14.2 Å². The Morgan fingerprint density at radius 3 is 2.12 bits per heavy atom. The summed E-state index contributed by atoms with van der Waals surface area (Å²) < 4.78 is 15.7. The summed E-state index contributed by atoms with van der Waals surface area (Å²) >= 11 is 0. The molecular formula is C17H31N3O4. The number of ether oxygens (including phenoxy) is 3. The molecule has 3 aliphatic heterocycles. The third-order valence-corrected chi connectivity index (χ3v) is 4.75. The van der Waals surface area contributed by atoms with Crippen LogP contribution in [0.3, 0.4) is 0 Å². The summed E-state index contributed by atoms with van der Waals surface area (Å²) in [4.78, 5) is 12.5. The van der Waals surface area contributed by atoms with Crippen LogP contribution in [0.1, 0.15) is 38.5 Å². The Morgan fingerprint density at radius 2 is 1.50 bits per heavy atom. The number of urea groups is 1. The van der Waals surface area contributed by atoms with Crippen molar-refractivity contribution in [3.8, 4) is 0 Å². The Hall–Kier alpha value is -0.890. The van der Waals surface area contributed by atoms with Crippen molar-refractivity contribution < 1.29 is 19.0 Å². The lowest BCUT2D eigenvalue weighted by Crippen LogP contribution is -2.50. The van der Waals surface area contributed by atoms with Crippen LogP contribution in [0.4, 0.5) is 4.79 Å². The molecule has 138 valence electrons. The van der Waals surface area contributed by atoms with E-state index < -0.39 is 0 Å². The molecule has 0 bridgehead atoms. The van der Waals surface area contributed by atoms with E-state index in [0.717, 1.165) is 78.0 Å². The standard InChI is InChI=1S/C17H31N3O4/c1-19(10-7-16-13-24-16)20(9-4-6-15-12-23-15)17(21)18-8-3-2-5-14-11-22-14/h14-16H,2-13H2,1H3,(H,18,21). The van der Waals surface area contributed by atoms with Gasteiger partial charge in [-0.1, -0.05) is 0 Å². The lowest BCUT2D eigenvalue weighted by Gasteiger charge is -2.32. The van der Waals surface area contributed by atoms with Gasteiger partial charge in [0.25, 0.3) is 0 Å². The van der Waals surface area contributed by atoms with Gasteiger partial charge in [0.1, 0.15) is 0 Å². The average molecular weight is 341 g/mol. The van der Waals surface area contributed by atoms with Gasteiger partial charge in [-0.2, -0.15) is 0 Å². The summed E-state index contributed by atoms with van der Waals surface area (Å²) in [6.45, 7) is 4.98. The third kappa shape index (κ3) is 6.93. The quantitative estimate of drug-likeness (QED) is 0.311. The number of hydrogen-bond donors (Lipinski definition) is 1. The molecule has 7 nitrogen and oxygen atoms in total. The van der Waals surface area contributed by atoms with Gasteiger partial charge in [-0.05, 0) is 38.5 Å². The van der Waals surface area contributed by atoms with E-state index in [1.807, 2.05) is 17.1 Å². The number of unbranched alkanes of at least 4 members (excludes halogenated alkanes) is 1. The van der Waals surface area contributed by atoms with Crippen molar-refractivity contribution in [1.82, 2.24) is 15.3 Å². The highest BCUT2D eigenvalue weighted by atomic mass is 16.6. The number of nitrogens with one attached hydrogen (secondary N) is 1. The van der Waals surface area contributed by atoms with Crippen LogP contribution in [0.25, 0.3) is 0 Å². The lowest BCUT2D eigenvalue weighted by molar-refractivity contribution is 0.0337. The molecule has 0 aromatic heterocycles. The van der Waals surface area contributed by atoms with Gasteiger partial charge >= 0.3 is 6.03 Å². The van der Waals surface area contributed by atoms with Crippen molar-refractivity contribution in [2.24, 2.45) is 0 Å². The van der Waals surface area contributed by atoms with Gasteiger partial charge in [-0.25, -0.2) is 9.80 Å². The molecule has 7 heteroatoms. The molecule has 0 aliphatic carbocycles. The van der Waals surface area contributed by atoms with Crippen LogP contribution in [0.15, 0.2) is 0 Å². The second kappa shape index (κ2) is 8.99. The number of rotatable bonds is 13. The van der Waals surface area contributed by atoms with Crippen molar-refractivity contribution in [2.75, 3.05) is 46.5 Å². The van der Waals surface area contributed by atoms with Crippen LogP contribution >= 0.6 is 0 Å². The second-order valence-electron chi connectivity index (χ2n) is 7.03. The Balaban J connectivity index is 1.34. The molecular weight excluding hydrogens is 310 g/mol. The van der Waals surface area contributed by atoms with Gasteiger partial charge in [0.15, 0.2) is 0 Å². The molecule has 0 aromatic rings. The number of carbonyl (C=O) groups excluding carboxylic acids is 1. The van der Waals surface area contributed by atoms with E-state index in [9.17, 15) is 4.79 Å². The molecule has 3 fully saturated rings. The molecule has 0 saturated carbocycles. The fraction of sp³-hybridized carbons (Fsp3) is 0.941. The van der Waals surface area contributed by atoms with Crippen LogP contribution in [-0.4, -0.2) is 80.9 Å². The maximum atomic E-state index is 12.5. The molecule has 3 aliphatic rings. The summed E-state index contributed by atoms with van der Waals surface area (Å²) in [5.41, 5.74) is 0. The Morgan fingerprint density at radius 1 is 0.917 bits per heavy atom. The number of hydrogen-bond acceptors (Lipinski definition) is 5. The molecule has 0 aromatic carbocycles. The number of hydrazine groups is 1. The molecule has 0 radical (unpaired) electrons. The van der Waals surface area contributed by atoms with Gasteiger partial charge in [-0.15, -0.1) is 0 Å². The van der Waals surface area contributed by atoms with Gasteiger partial charge < -0.3 is 19.5 Å². The predicted octanol–water partition coefficient (Wildman–Crippen LogP) is 1.38. The Kier molecular flexibility index (Phi) is 6.71. The lowest BCUT2D eigenvalue weighted by atomic mass is 10.2. The summed E-state index contributed by atoms with van der Waals surface area (Å²) in [5, 5.41) is 6.93. The fourth-order valence-electron chi connectivity index (χ4n) is 2.84. The van der Waals surface area contributed by atoms with Crippen LogP contribution in [-0.2, 0) is 14.2 Å². The normalized spacial score (nSPS) is 27.2. The smallest absolute Gasteiger partial charge is 0.331 e. The van der Waals surface area contributed by atoms with Crippen LogP contribution in [0.5, 0.6) is 0 Å². The minimum atomic E-state index is 0.00797. The highest BCUT2D eigenvalue weighted by Crippen LogP contribution is 2.18. The van der Waals surface area contributed by atoms with Crippen molar-refractivity contribution in [3.63, 3.8) is 0 Å². The van der Waals surface area contributed by atoms with Crippen molar-refractivity contribution >= 4 is 6.03 Å². The van der Waals surface area contributed by atoms with Crippen molar-refractivity contribution in [1.29, 1.82) is 0 Å². The number of amides is 2. The summed E-state index contributed by atoms with van der Waals surface area (Å²) in [7, 11) is 1.99. The highest BCUT2D eigenvalue weighted by molar-refractivity contribution is 5.73. The summed E-state index contributed by atoms with van der Waals surface area (Å²) in [6.07, 6.45) is 7.51. The molecule has 3 rings (SSSR count). The molecule has 3 saturated heterocycles. The summed E-state index contributed by atoms with van der Waals surface area (Å²) in [5.74, 6) is 0. The number of epoxide rings is 3. The molecule has 3 atom stereocenters. The predicted molar refractivity (Wildman–Crippen MR) is 89.7 cm³/mol. The first kappa shape index (κ1) is 17.9. The van der Waals surface area contributed by atoms with E-state index in [2.05, 4.69) is 5.32 Å². The van der Waals surface area contributed by atoms with Crippen LogP contribution in [0, 0.1) is 0 Å². The Bertz CT molecular complexity index is 397. The largest absolute Gasteiger partial charge is 0.373 e. The van der Waals surface area contributed by atoms with E-state index in [1.165, 1.54) is 0 Å². The second-order valence-corrected chi connectivity index (χ2v) is 7.03. The highest BCUT2D eigenvalue weighted by Gasteiger charge is 2.26. The first-order valence-corrected chi connectivity index (χ1v) is 9.33. The van der Waals surface area contributed by atoms with Gasteiger partial charge in [0, 0.05) is 26.7 Å². The van der Waals surface area contributed by atoms with Crippen molar-refractivity contribution in [3.05, 3.63) is 0 Å². The minimum Gasteiger partial charge on any atom is -0.373 e. The SMILES string of the molecule is CN(CCC1CO1)N(CCCC1CO1)C(=O)NCCCCC1CO1. The summed E-state index contributed by atoms with van der Waals surface area (Å²) in [6, 6.07) is 0.00797. The van der Waals surface area contributed by atoms with Crippen LogP contribution in [0.2, 0.25) is 0 Å². The topological polar surface area (TPSA) is 73.2 Å². The Labute approximate surface area is 144 Å². The fourth-order valence-corrected chi connectivity index (χ4v) is 2.84. The molecule has 3 unspecified atom stereocenters. The number of carbonyl (C=O) groups is 1. The van der Waals surface area contributed by atoms with E-state index in [0.29, 0.717) is 18.3 Å². The zero-order valence-electron chi connectivity index (χ0n) is 14.7. The zero-order valence-corrected chi connectivity index (χ0v) is 14.7. The minimum absolute atomic E-state index is 0.00797. The maximum Gasteiger partial charge on any atom is 0.331 e. The third-order valence-electron chi connectivity index (χ3n) is 4.75. The molecule has 3 heterocycles. The zero-order chi connectivity index (χ0) is 16.8. The molecule has 2 amide bonds. The first-order valence-electron chi connectivity index (χ1n) is 9.33. The van der Waals surface area contributed by atoms with Gasteiger partial charge in [0.2, 0.25) is 0 Å². The molecule has 1 N–H and O–H groups in total. The van der Waals surface area contributed by atoms with Crippen LogP contribution < -0.4 is 5.32 Å². The monoisotopic (exact) mass is 341 g/mol. The molecule has 24 heavy (non-hydrogen) atoms. The van der Waals surface area contributed by atoms with E-state index in [1.54, 1.807) is 0 Å². The van der Waals surface area contributed by atoms with E-state index in [-0.39, 0.29) is 6.03 Å².